The van der Waals surface area contributed by atoms with Gasteiger partial charge in [-0.1, -0.05) is 0 Å². The summed E-state index contributed by atoms with van der Waals surface area (Å²) in [6.45, 7) is 7.06. The van der Waals surface area contributed by atoms with Gasteiger partial charge in [0.05, 0.1) is 30.7 Å². The molecule has 1 saturated heterocycles. The maximum atomic E-state index is 14.1. The average Bonchev–Trinajstić information content (AvgIpc) is 3.38. The summed E-state index contributed by atoms with van der Waals surface area (Å²) in [5.74, 6) is 0.398. The van der Waals surface area contributed by atoms with Crippen molar-refractivity contribution in [1.29, 1.82) is 0 Å². The summed E-state index contributed by atoms with van der Waals surface area (Å²) in [6, 6.07) is 2.29. The van der Waals surface area contributed by atoms with Crippen LogP contribution in [0.15, 0.2) is 30.9 Å². The van der Waals surface area contributed by atoms with Crippen molar-refractivity contribution in [1.82, 2.24) is 29.6 Å². The number of piperidine rings is 1. The molecule has 2 aliphatic heterocycles. The van der Waals surface area contributed by atoms with E-state index in [1.165, 1.54) is 12.3 Å². The first-order chi connectivity index (χ1) is 16.4. The molecule has 1 atom stereocenters. The molecule has 180 valence electrons. The number of hydrogen-bond acceptors (Lipinski definition) is 8. The zero-order chi connectivity index (χ0) is 23.8. The molecular weight excluding hydrogens is 435 g/mol. The van der Waals surface area contributed by atoms with Crippen LogP contribution >= 0.6 is 0 Å². The predicted octanol–water partition coefficient (Wildman–Crippen LogP) is 3.34. The summed E-state index contributed by atoms with van der Waals surface area (Å²) in [7, 11) is 4.14. The van der Waals surface area contributed by atoms with Crippen molar-refractivity contribution >= 4 is 11.5 Å². The molecule has 9 nitrogen and oxygen atoms in total. The Morgan fingerprint density at radius 3 is 2.65 bits per heavy atom. The van der Waals surface area contributed by atoms with Gasteiger partial charge in [-0.05, 0) is 52.9 Å². The van der Waals surface area contributed by atoms with E-state index >= 15 is 0 Å². The predicted molar refractivity (Wildman–Crippen MR) is 127 cm³/mol. The van der Waals surface area contributed by atoms with Crippen molar-refractivity contribution < 1.29 is 9.13 Å². The zero-order valence-corrected chi connectivity index (χ0v) is 20.1. The summed E-state index contributed by atoms with van der Waals surface area (Å²) in [6.07, 6.45) is 8.89. The van der Waals surface area contributed by atoms with Crippen LogP contribution in [0, 0.1) is 12.7 Å². The number of aromatic nitrogens is 5. The summed E-state index contributed by atoms with van der Waals surface area (Å²) >= 11 is 0. The molecule has 3 aromatic heterocycles. The number of aryl methyl sites for hydroxylation is 1. The number of pyridine rings is 1. The second-order valence-corrected chi connectivity index (χ2v) is 9.11. The molecule has 10 heteroatoms. The van der Waals surface area contributed by atoms with Crippen molar-refractivity contribution in [2.45, 2.75) is 45.4 Å². The number of likely N-dealkylation sites (tertiary alicyclic amines) is 1. The fourth-order valence-corrected chi connectivity index (χ4v) is 5.03. The van der Waals surface area contributed by atoms with E-state index in [4.69, 9.17) is 9.72 Å². The highest BCUT2D eigenvalue weighted by atomic mass is 19.1. The van der Waals surface area contributed by atoms with Gasteiger partial charge < -0.3 is 19.4 Å². The van der Waals surface area contributed by atoms with E-state index in [9.17, 15) is 4.39 Å². The van der Waals surface area contributed by atoms with Crippen LogP contribution in [-0.2, 0) is 6.54 Å². The molecule has 34 heavy (non-hydrogen) atoms. The van der Waals surface area contributed by atoms with Crippen LogP contribution in [0.3, 0.4) is 0 Å². The molecule has 5 heterocycles. The van der Waals surface area contributed by atoms with Crippen LogP contribution in [0.4, 0.5) is 15.9 Å². The van der Waals surface area contributed by atoms with Gasteiger partial charge in [0.25, 0.3) is 0 Å². The Morgan fingerprint density at radius 2 is 1.91 bits per heavy atom. The van der Waals surface area contributed by atoms with Crippen LogP contribution in [0.25, 0.3) is 0 Å². The van der Waals surface area contributed by atoms with E-state index in [0.717, 1.165) is 54.3 Å². The molecule has 0 bridgehead atoms. The lowest BCUT2D eigenvalue weighted by atomic mass is 10.1. The molecule has 5 rings (SSSR count). The molecule has 0 spiro atoms. The summed E-state index contributed by atoms with van der Waals surface area (Å²) < 4.78 is 21.9. The zero-order valence-electron chi connectivity index (χ0n) is 20.1. The number of rotatable bonds is 6. The number of halogens is 1. The van der Waals surface area contributed by atoms with Crippen molar-refractivity contribution in [2.75, 3.05) is 43.6 Å². The Hall–Kier alpha value is -3.27. The molecule has 1 fully saturated rings. The standard InChI is InChI=1S/C24H31FN8O/c1-5-34-24-28-16(2)21-22(29-24)32(23(31(21)4)18-10-19(25)13-26-12-18)14-17-11-27-33(15-17)20-6-8-30(3)9-7-20/h10-13,15,20,23H,5-9,14H2,1-4H3. The molecule has 0 radical (unpaired) electrons. The first-order valence-corrected chi connectivity index (χ1v) is 11.8. The Bertz CT molecular complexity index is 1160. The number of hydrogen-bond donors (Lipinski definition) is 0. The maximum Gasteiger partial charge on any atom is 0.318 e. The van der Waals surface area contributed by atoms with Crippen LogP contribution < -0.4 is 14.5 Å². The fourth-order valence-electron chi connectivity index (χ4n) is 5.03. The number of nitrogens with zero attached hydrogens (tertiary/aromatic N) is 8. The minimum absolute atomic E-state index is 0.283. The normalized spacial score (nSPS) is 19.0. The fraction of sp³-hybridized carbons (Fsp3) is 0.500. The van der Waals surface area contributed by atoms with Gasteiger partial charge in [-0.3, -0.25) is 9.67 Å². The highest BCUT2D eigenvalue weighted by Crippen LogP contribution is 2.47. The van der Waals surface area contributed by atoms with Crippen molar-refractivity contribution in [3.05, 3.63) is 53.5 Å². The number of ether oxygens (including phenoxy) is 1. The lowest BCUT2D eigenvalue weighted by molar-refractivity contribution is 0.212. The Balaban J connectivity index is 1.50. The monoisotopic (exact) mass is 466 g/mol. The van der Waals surface area contributed by atoms with Gasteiger partial charge in [-0.15, -0.1) is 0 Å². The second-order valence-electron chi connectivity index (χ2n) is 9.11. The highest BCUT2D eigenvalue weighted by molar-refractivity contribution is 5.76. The molecule has 3 aromatic rings. The first kappa shape index (κ1) is 22.5. The lowest BCUT2D eigenvalue weighted by Gasteiger charge is -2.30. The Morgan fingerprint density at radius 1 is 1.12 bits per heavy atom. The largest absolute Gasteiger partial charge is 0.464 e. The number of anilines is 2. The third-order valence-electron chi connectivity index (χ3n) is 6.67. The van der Waals surface area contributed by atoms with Crippen LogP contribution in [0.1, 0.15) is 48.8 Å². The molecule has 1 unspecified atom stereocenters. The van der Waals surface area contributed by atoms with Crippen LogP contribution in [0.5, 0.6) is 6.01 Å². The van der Waals surface area contributed by atoms with Crippen molar-refractivity contribution in [2.24, 2.45) is 0 Å². The summed E-state index contributed by atoms with van der Waals surface area (Å²) in [5.41, 5.74) is 3.54. The number of fused-ring (bicyclic) bond motifs is 1. The summed E-state index contributed by atoms with van der Waals surface area (Å²) in [4.78, 5) is 20.0. The molecule has 2 aliphatic rings. The van der Waals surface area contributed by atoms with E-state index in [1.54, 1.807) is 6.20 Å². The second kappa shape index (κ2) is 9.17. The third-order valence-corrected chi connectivity index (χ3v) is 6.67. The molecule has 0 N–H and O–H groups in total. The molecule has 0 saturated carbocycles. The minimum atomic E-state index is -0.366. The van der Waals surface area contributed by atoms with Gasteiger partial charge in [-0.25, -0.2) is 4.39 Å². The van der Waals surface area contributed by atoms with Crippen LogP contribution in [0.2, 0.25) is 0 Å². The van der Waals surface area contributed by atoms with E-state index in [1.807, 2.05) is 27.1 Å². The van der Waals surface area contributed by atoms with E-state index in [2.05, 4.69) is 47.7 Å². The maximum absolute atomic E-state index is 14.1. The molecular formula is C24H31FN8O. The SMILES string of the molecule is CCOc1nc(C)c2c(n1)N(Cc1cnn(C3CCN(C)CC3)c1)C(c1cncc(F)c1)N2C. The Kier molecular flexibility index (Phi) is 6.07. The van der Waals surface area contributed by atoms with E-state index in [0.29, 0.717) is 25.2 Å². The minimum Gasteiger partial charge on any atom is -0.464 e. The van der Waals surface area contributed by atoms with Crippen molar-refractivity contribution in [3.63, 3.8) is 0 Å². The van der Waals surface area contributed by atoms with Gasteiger partial charge in [0.2, 0.25) is 0 Å². The van der Waals surface area contributed by atoms with Gasteiger partial charge in [0.1, 0.15) is 17.7 Å². The molecule has 0 aromatic carbocycles. The third kappa shape index (κ3) is 4.18. The first-order valence-electron chi connectivity index (χ1n) is 11.8. The highest BCUT2D eigenvalue weighted by Gasteiger charge is 2.39. The van der Waals surface area contributed by atoms with E-state index in [-0.39, 0.29) is 12.0 Å². The van der Waals surface area contributed by atoms with Gasteiger partial charge in [0.15, 0.2) is 5.82 Å². The molecule has 0 aliphatic carbocycles. The summed E-state index contributed by atoms with van der Waals surface area (Å²) in [5, 5.41) is 4.69. The lowest BCUT2D eigenvalue weighted by Crippen LogP contribution is -2.33. The van der Waals surface area contributed by atoms with Gasteiger partial charge in [0, 0.05) is 37.1 Å². The topological polar surface area (TPSA) is 75.4 Å². The van der Waals surface area contributed by atoms with Crippen molar-refractivity contribution in [3.8, 4) is 6.01 Å². The van der Waals surface area contributed by atoms with Gasteiger partial charge in [-0.2, -0.15) is 15.1 Å². The smallest absolute Gasteiger partial charge is 0.318 e. The molecule has 0 amide bonds. The quantitative estimate of drug-likeness (QED) is 0.548. The van der Waals surface area contributed by atoms with E-state index < -0.39 is 0 Å². The Labute approximate surface area is 199 Å². The van der Waals surface area contributed by atoms with Crippen LogP contribution in [-0.4, -0.2) is 63.4 Å². The average molecular weight is 467 g/mol. The van der Waals surface area contributed by atoms with Gasteiger partial charge >= 0.3 is 6.01 Å².